The second-order valence-electron chi connectivity index (χ2n) is 7.05. The molecule has 0 radical (unpaired) electrons. The van der Waals surface area contributed by atoms with Crippen LogP contribution in [0.4, 0.5) is 26.3 Å². The van der Waals surface area contributed by atoms with Crippen LogP contribution in [0.5, 0.6) is 0 Å². The van der Waals surface area contributed by atoms with E-state index in [2.05, 4.69) is 15.0 Å². The molecule has 2 aromatic carbocycles. The van der Waals surface area contributed by atoms with Gasteiger partial charge in [0.1, 0.15) is 28.6 Å². The van der Waals surface area contributed by atoms with Gasteiger partial charge in [-0.3, -0.25) is 0 Å². The molecule has 0 N–H and O–H groups in total. The Bertz CT molecular complexity index is 1400. The smallest absolute Gasteiger partial charge is 0.349 e. The molecule has 4 rings (SSSR count). The molecule has 0 aliphatic carbocycles. The molecule has 35 heavy (non-hydrogen) atoms. The normalized spacial score (nSPS) is 11.8. The van der Waals surface area contributed by atoms with Crippen molar-refractivity contribution in [1.29, 1.82) is 0 Å². The molecule has 0 spiro atoms. The van der Waals surface area contributed by atoms with Gasteiger partial charge in [-0.15, -0.1) is 0 Å². The molecule has 2 heterocycles. The Labute approximate surface area is 197 Å². The fourth-order valence-electron chi connectivity index (χ4n) is 3.40. The number of rotatable bonds is 6. The number of hydrogen-bond acceptors (Lipinski definition) is 5. The summed E-state index contributed by atoms with van der Waals surface area (Å²) in [5, 5.41) is 7.08. The van der Waals surface area contributed by atoms with Gasteiger partial charge in [-0.1, -0.05) is 28.9 Å². The van der Waals surface area contributed by atoms with Crippen LogP contribution in [-0.2, 0) is 10.7 Å². The van der Waals surface area contributed by atoms with Crippen LogP contribution in [0, 0.1) is 11.6 Å². The largest absolute Gasteiger partial charge is 0.465 e. The number of ether oxygens (including phenoxy) is 1. The van der Waals surface area contributed by atoms with E-state index in [1.54, 1.807) is 0 Å². The van der Waals surface area contributed by atoms with Crippen molar-refractivity contribution in [2.75, 3.05) is 7.11 Å². The number of alkyl halides is 4. The molecule has 182 valence electrons. The lowest BCUT2D eigenvalue weighted by Crippen LogP contribution is -2.28. The van der Waals surface area contributed by atoms with Crippen LogP contribution >= 0.6 is 11.6 Å². The van der Waals surface area contributed by atoms with Crippen LogP contribution in [-0.4, -0.2) is 34.4 Å². The summed E-state index contributed by atoms with van der Waals surface area (Å²) in [7, 11) is 0.941. The number of aromatic nitrogens is 3. The van der Waals surface area contributed by atoms with Gasteiger partial charge in [0.05, 0.1) is 35.1 Å². The minimum atomic E-state index is -4.85. The van der Waals surface area contributed by atoms with Crippen molar-refractivity contribution < 1.29 is 40.4 Å². The fraction of sp³-hybridized carbons (Fsp3) is 0.136. The first-order valence-corrected chi connectivity index (χ1v) is 9.98. The second kappa shape index (κ2) is 9.10. The first-order chi connectivity index (χ1) is 16.6. The lowest BCUT2D eigenvalue weighted by atomic mass is 10.0. The molecule has 4 aromatic rings. The van der Waals surface area contributed by atoms with Crippen LogP contribution in [0.15, 0.2) is 53.2 Å². The quantitative estimate of drug-likeness (QED) is 0.224. The van der Waals surface area contributed by atoms with Crippen molar-refractivity contribution in [1.82, 2.24) is 14.9 Å². The third kappa shape index (κ3) is 4.14. The Balaban J connectivity index is 2.04. The van der Waals surface area contributed by atoms with Crippen LogP contribution in [0.1, 0.15) is 16.1 Å². The average Bonchev–Trinajstić information content (AvgIpc) is 3.43. The van der Waals surface area contributed by atoms with Gasteiger partial charge in [0.2, 0.25) is 0 Å². The highest BCUT2D eigenvalue weighted by Gasteiger charge is 2.49. The molecule has 0 bridgehead atoms. The SMILES string of the molecule is COC(=O)c1c(-c2c(F)cccc2Cl)noc1-c1cnn(-c2cccc(F)c2)c1C(F)(F)C(F)F. The van der Waals surface area contributed by atoms with E-state index in [-0.39, 0.29) is 10.7 Å². The highest BCUT2D eigenvalue weighted by Crippen LogP contribution is 2.44. The molecule has 0 unspecified atom stereocenters. The third-order valence-corrected chi connectivity index (χ3v) is 5.25. The van der Waals surface area contributed by atoms with Gasteiger partial charge in [-0.05, 0) is 30.3 Å². The summed E-state index contributed by atoms with van der Waals surface area (Å²) in [6.07, 6.45) is -3.52. The number of hydrogen-bond donors (Lipinski definition) is 0. The van der Waals surface area contributed by atoms with E-state index < -0.39 is 63.8 Å². The summed E-state index contributed by atoms with van der Waals surface area (Å²) in [6, 6.07) is 7.63. The Kier molecular flexibility index (Phi) is 6.32. The van der Waals surface area contributed by atoms with Crippen LogP contribution in [0.2, 0.25) is 5.02 Å². The summed E-state index contributed by atoms with van der Waals surface area (Å²) in [6.45, 7) is 0. The molecule has 13 heteroatoms. The number of carbonyl (C=O) groups is 1. The lowest BCUT2D eigenvalue weighted by molar-refractivity contribution is -0.138. The first-order valence-electron chi connectivity index (χ1n) is 9.61. The summed E-state index contributed by atoms with van der Waals surface area (Å²) in [5.41, 5.74) is -4.12. The number of carbonyl (C=O) groups excluding carboxylic acids is 1. The second-order valence-corrected chi connectivity index (χ2v) is 7.45. The van der Waals surface area contributed by atoms with Crippen LogP contribution in [0.3, 0.4) is 0 Å². The van der Waals surface area contributed by atoms with Crippen LogP contribution in [0.25, 0.3) is 28.3 Å². The summed E-state index contributed by atoms with van der Waals surface area (Å²) < 4.78 is 95.0. The van der Waals surface area contributed by atoms with E-state index in [9.17, 15) is 31.1 Å². The summed E-state index contributed by atoms with van der Waals surface area (Å²) in [4.78, 5) is 12.6. The van der Waals surface area contributed by atoms with Crippen molar-refractivity contribution in [2.45, 2.75) is 12.3 Å². The number of halogens is 7. The van der Waals surface area contributed by atoms with Gasteiger partial charge in [0.25, 0.3) is 0 Å². The average molecular weight is 516 g/mol. The number of esters is 1. The standard InChI is InChI=1S/C22H12ClF6N3O3/c1-34-20(33)16-17(15-13(23)6-3-7-14(15)25)31-35-18(16)12-9-30-32(11-5-2-4-10(24)8-11)19(12)22(28,29)21(26)27/h2-9,21H,1H3. The number of nitrogens with zero attached hydrogens (tertiary/aromatic N) is 3. The monoisotopic (exact) mass is 515 g/mol. The first kappa shape index (κ1) is 24.3. The maximum Gasteiger partial charge on any atom is 0.349 e. The molecule has 0 aliphatic rings. The van der Waals surface area contributed by atoms with Gasteiger partial charge in [0, 0.05) is 0 Å². The van der Waals surface area contributed by atoms with E-state index in [0.717, 1.165) is 37.4 Å². The lowest BCUT2D eigenvalue weighted by Gasteiger charge is -2.18. The number of benzene rings is 2. The van der Waals surface area contributed by atoms with Gasteiger partial charge in [0.15, 0.2) is 5.76 Å². The third-order valence-electron chi connectivity index (χ3n) is 4.94. The zero-order valence-corrected chi connectivity index (χ0v) is 18.2. The fourth-order valence-corrected chi connectivity index (χ4v) is 3.65. The molecule has 0 atom stereocenters. The Morgan fingerprint density at radius 3 is 2.51 bits per heavy atom. The zero-order chi connectivity index (χ0) is 25.5. The van der Waals surface area contributed by atoms with Crippen LogP contribution < -0.4 is 0 Å². The van der Waals surface area contributed by atoms with Gasteiger partial charge < -0.3 is 9.26 Å². The summed E-state index contributed by atoms with van der Waals surface area (Å²) in [5.74, 6) is -8.60. The predicted octanol–water partition coefficient (Wildman–Crippen LogP) is 6.27. The Hall–Kier alpha value is -3.80. The maximum atomic E-state index is 14.8. The topological polar surface area (TPSA) is 70.2 Å². The minimum Gasteiger partial charge on any atom is -0.465 e. The highest BCUT2D eigenvalue weighted by atomic mass is 35.5. The molecule has 0 fully saturated rings. The predicted molar refractivity (Wildman–Crippen MR) is 111 cm³/mol. The van der Waals surface area contributed by atoms with E-state index in [4.69, 9.17) is 16.1 Å². The van der Waals surface area contributed by atoms with E-state index in [1.807, 2.05) is 0 Å². The Morgan fingerprint density at radius 1 is 1.17 bits per heavy atom. The van der Waals surface area contributed by atoms with Crippen molar-refractivity contribution in [3.05, 3.63) is 76.6 Å². The van der Waals surface area contributed by atoms with E-state index >= 15 is 0 Å². The maximum absolute atomic E-state index is 14.8. The number of methoxy groups -OCH3 is 1. The molecular formula is C22H12ClF6N3O3. The molecular weight excluding hydrogens is 504 g/mol. The van der Waals surface area contributed by atoms with E-state index in [1.165, 1.54) is 12.1 Å². The van der Waals surface area contributed by atoms with Gasteiger partial charge in [-0.2, -0.15) is 13.9 Å². The van der Waals surface area contributed by atoms with Crippen molar-refractivity contribution in [2.24, 2.45) is 0 Å². The molecule has 0 saturated carbocycles. The van der Waals surface area contributed by atoms with Crippen molar-refractivity contribution in [3.8, 4) is 28.3 Å². The highest BCUT2D eigenvalue weighted by molar-refractivity contribution is 6.33. The molecule has 6 nitrogen and oxygen atoms in total. The zero-order valence-electron chi connectivity index (χ0n) is 17.4. The minimum absolute atomic E-state index is 0.205. The molecule has 2 aromatic heterocycles. The summed E-state index contributed by atoms with van der Waals surface area (Å²) >= 11 is 6.04. The van der Waals surface area contributed by atoms with Crippen molar-refractivity contribution in [3.63, 3.8) is 0 Å². The molecule has 0 aliphatic heterocycles. The van der Waals surface area contributed by atoms with Crippen molar-refractivity contribution >= 4 is 17.6 Å². The van der Waals surface area contributed by atoms with E-state index in [0.29, 0.717) is 10.9 Å². The van der Waals surface area contributed by atoms with Gasteiger partial charge >= 0.3 is 18.3 Å². The molecule has 0 saturated heterocycles. The molecule has 0 amide bonds. The van der Waals surface area contributed by atoms with Gasteiger partial charge in [-0.25, -0.2) is 27.0 Å². The Morgan fingerprint density at radius 2 is 1.89 bits per heavy atom.